The molecule has 3 heterocycles. The molecule has 0 aliphatic heterocycles. The number of amides is 1. The minimum atomic E-state index is -0.115. The van der Waals surface area contributed by atoms with E-state index in [0.717, 1.165) is 20.7 Å². The van der Waals surface area contributed by atoms with Gasteiger partial charge in [-0.05, 0) is 32.9 Å². The van der Waals surface area contributed by atoms with Gasteiger partial charge in [0.1, 0.15) is 10.6 Å². The van der Waals surface area contributed by atoms with E-state index in [-0.39, 0.29) is 5.91 Å². The average Bonchev–Trinajstić information content (AvgIpc) is 3.17. The van der Waals surface area contributed by atoms with Crippen molar-refractivity contribution in [2.75, 3.05) is 0 Å². The highest BCUT2D eigenvalue weighted by molar-refractivity contribution is 7.17. The molecule has 114 valence electrons. The molecule has 0 saturated carbocycles. The van der Waals surface area contributed by atoms with E-state index in [9.17, 15) is 4.79 Å². The first-order chi connectivity index (χ1) is 10.5. The lowest BCUT2D eigenvalue weighted by molar-refractivity contribution is 0.0954. The third-order valence-corrected chi connectivity index (χ3v) is 5.13. The molecule has 3 aromatic rings. The van der Waals surface area contributed by atoms with Crippen LogP contribution in [0.1, 0.15) is 31.0 Å². The Morgan fingerprint density at radius 3 is 2.73 bits per heavy atom. The second kappa shape index (κ2) is 6.02. The number of aromatic nitrogens is 2. The fourth-order valence-corrected chi connectivity index (χ4v) is 3.68. The Balaban J connectivity index is 1.74. The van der Waals surface area contributed by atoms with Crippen LogP contribution in [0.4, 0.5) is 0 Å². The van der Waals surface area contributed by atoms with E-state index in [1.807, 2.05) is 32.9 Å². The van der Waals surface area contributed by atoms with E-state index >= 15 is 0 Å². The predicted molar refractivity (Wildman–Crippen MR) is 87.3 cm³/mol. The summed E-state index contributed by atoms with van der Waals surface area (Å²) in [5, 5.41) is 4.63. The first-order valence-corrected chi connectivity index (χ1v) is 8.40. The van der Waals surface area contributed by atoms with E-state index in [4.69, 9.17) is 4.42 Å². The third kappa shape index (κ3) is 3.10. The van der Waals surface area contributed by atoms with E-state index < -0.39 is 0 Å². The van der Waals surface area contributed by atoms with Crippen LogP contribution in [0.15, 0.2) is 22.7 Å². The van der Waals surface area contributed by atoms with Crippen molar-refractivity contribution >= 4 is 28.6 Å². The Hall–Kier alpha value is -1.99. The Kier molecular flexibility index (Phi) is 4.08. The largest absolute Gasteiger partial charge is 0.459 e. The van der Waals surface area contributed by atoms with Crippen LogP contribution in [0.5, 0.6) is 0 Å². The zero-order valence-corrected chi connectivity index (χ0v) is 14.1. The number of hydrogen-bond donors (Lipinski definition) is 1. The van der Waals surface area contributed by atoms with Gasteiger partial charge in [-0.15, -0.1) is 22.7 Å². The molecule has 0 aliphatic carbocycles. The molecule has 3 rings (SSSR count). The Morgan fingerprint density at radius 1 is 1.27 bits per heavy atom. The number of nitrogens with one attached hydrogen (secondary N) is 1. The number of thiazole rings is 2. The molecule has 0 aliphatic rings. The number of rotatable bonds is 4. The lowest BCUT2D eigenvalue weighted by Gasteiger charge is -2.01. The average molecular weight is 333 g/mol. The Bertz CT molecular complexity index is 816. The number of furan rings is 1. The summed E-state index contributed by atoms with van der Waals surface area (Å²) < 4.78 is 5.56. The molecular weight excluding hydrogens is 318 g/mol. The fraction of sp³-hybridized carbons (Fsp3) is 0.267. The molecule has 3 aromatic heterocycles. The van der Waals surface area contributed by atoms with Gasteiger partial charge in [0.05, 0.1) is 17.2 Å². The zero-order chi connectivity index (χ0) is 15.7. The van der Waals surface area contributed by atoms with E-state index in [2.05, 4.69) is 15.3 Å². The summed E-state index contributed by atoms with van der Waals surface area (Å²) in [4.78, 5) is 22.6. The highest BCUT2D eigenvalue weighted by Crippen LogP contribution is 2.29. The quantitative estimate of drug-likeness (QED) is 0.790. The van der Waals surface area contributed by atoms with Crippen LogP contribution >= 0.6 is 22.7 Å². The van der Waals surface area contributed by atoms with Crippen molar-refractivity contribution in [2.45, 2.75) is 27.3 Å². The van der Waals surface area contributed by atoms with Gasteiger partial charge >= 0.3 is 0 Å². The van der Waals surface area contributed by atoms with Crippen molar-refractivity contribution in [3.05, 3.63) is 44.5 Å². The molecule has 1 amide bonds. The lowest BCUT2D eigenvalue weighted by atomic mass is 10.3. The lowest BCUT2D eigenvalue weighted by Crippen LogP contribution is -2.22. The fourth-order valence-electron chi connectivity index (χ4n) is 2.00. The summed E-state index contributed by atoms with van der Waals surface area (Å²) in [6.07, 6.45) is 1.79. The van der Waals surface area contributed by atoms with Crippen LogP contribution in [-0.2, 0) is 6.54 Å². The number of aryl methyl sites for hydroxylation is 3. The van der Waals surface area contributed by atoms with Crippen LogP contribution in [0.2, 0.25) is 0 Å². The summed E-state index contributed by atoms with van der Waals surface area (Å²) in [7, 11) is 0. The topological polar surface area (TPSA) is 68.0 Å². The molecule has 0 saturated heterocycles. The monoisotopic (exact) mass is 333 g/mol. The minimum absolute atomic E-state index is 0.115. The summed E-state index contributed by atoms with van der Waals surface area (Å²) in [5.74, 6) is 1.41. The van der Waals surface area contributed by atoms with Crippen molar-refractivity contribution in [1.82, 2.24) is 15.3 Å². The van der Waals surface area contributed by atoms with Crippen molar-refractivity contribution in [3.8, 4) is 10.8 Å². The molecule has 5 nitrogen and oxygen atoms in total. The van der Waals surface area contributed by atoms with Crippen molar-refractivity contribution in [2.24, 2.45) is 0 Å². The molecule has 0 atom stereocenters. The Labute approximate surface area is 136 Å². The van der Waals surface area contributed by atoms with Gasteiger partial charge in [0.15, 0.2) is 10.8 Å². The predicted octanol–water partition coefficient (Wildman–Crippen LogP) is 3.71. The van der Waals surface area contributed by atoms with Crippen molar-refractivity contribution < 1.29 is 9.21 Å². The van der Waals surface area contributed by atoms with E-state index in [0.29, 0.717) is 22.9 Å². The number of nitrogens with zero attached hydrogens (tertiary/aromatic N) is 2. The highest BCUT2D eigenvalue weighted by Gasteiger charge is 2.17. The van der Waals surface area contributed by atoms with Crippen LogP contribution < -0.4 is 5.32 Å². The van der Waals surface area contributed by atoms with Gasteiger partial charge in [-0.25, -0.2) is 9.97 Å². The van der Waals surface area contributed by atoms with Gasteiger partial charge in [0, 0.05) is 11.1 Å². The van der Waals surface area contributed by atoms with Crippen LogP contribution in [0.25, 0.3) is 10.8 Å². The van der Waals surface area contributed by atoms with Crippen LogP contribution in [-0.4, -0.2) is 15.9 Å². The molecule has 0 aromatic carbocycles. The first kappa shape index (κ1) is 14.9. The summed E-state index contributed by atoms with van der Waals surface area (Å²) in [5.41, 5.74) is 0.715. The molecule has 22 heavy (non-hydrogen) atoms. The first-order valence-electron chi connectivity index (χ1n) is 6.76. The molecule has 0 radical (unpaired) electrons. The van der Waals surface area contributed by atoms with E-state index in [1.165, 1.54) is 11.3 Å². The zero-order valence-electron chi connectivity index (χ0n) is 12.5. The minimum Gasteiger partial charge on any atom is -0.459 e. The van der Waals surface area contributed by atoms with Gasteiger partial charge in [-0.1, -0.05) is 0 Å². The number of hydrogen-bond acceptors (Lipinski definition) is 6. The second-order valence-electron chi connectivity index (χ2n) is 4.87. The van der Waals surface area contributed by atoms with Gasteiger partial charge in [0.25, 0.3) is 5.91 Å². The smallest absolute Gasteiger partial charge is 0.263 e. The third-order valence-electron chi connectivity index (χ3n) is 3.05. The molecule has 7 heteroatoms. The highest BCUT2D eigenvalue weighted by atomic mass is 32.1. The normalized spacial score (nSPS) is 10.9. The molecule has 0 bridgehead atoms. The molecule has 0 fully saturated rings. The summed E-state index contributed by atoms with van der Waals surface area (Å²) in [6.45, 7) is 6.15. The maximum atomic E-state index is 12.3. The van der Waals surface area contributed by atoms with Gasteiger partial charge in [-0.3, -0.25) is 4.79 Å². The Morgan fingerprint density at radius 2 is 2.09 bits per heavy atom. The maximum absolute atomic E-state index is 12.3. The van der Waals surface area contributed by atoms with Crippen LogP contribution in [0, 0.1) is 20.8 Å². The van der Waals surface area contributed by atoms with E-state index in [1.54, 1.807) is 17.5 Å². The molecule has 1 N–H and O–H groups in total. The van der Waals surface area contributed by atoms with Crippen molar-refractivity contribution in [3.63, 3.8) is 0 Å². The number of carbonyl (C=O) groups is 1. The second-order valence-corrected chi connectivity index (χ2v) is 7.19. The summed E-state index contributed by atoms with van der Waals surface area (Å²) in [6, 6.07) is 3.76. The number of carbonyl (C=O) groups excluding carboxylic acids is 1. The van der Waals surface area contributed by atoms with Gasteiger partial charge in [0.2, 0.25) is 0 Å². The van der Waals surface area contributed by atoms with Crippen molar-refractivity contribution in [1.29, 1.82) is 0 Å². The maximum Gasteiger partial charge on any atom is 0.263 e. The molecule has 0 unspecified atom stereocenters. The summed E-state index contributed by atoms with van der Waals surface area (Å²) >= 11 is 2.93. The van der Waals surface area contributed by atoms with Crippen LogP contribution in [0.3, 0.4) is 0 Å². The molecule has 0 spiro atoms. The van der Waals surface area contributed by atoms with Gasteiger partial charge < -0.3 is 9.73 Å². The SMILES string of the molecule is Cc1ccc(-c2nc(C)c(C(=O)NCc3cnc(C)s3)s2)o1. The standard InChI is InChI=1S/C15H15N3O2S2/c1-8-4-5-12(20-8)15-18-9(2)13(22-15)14(19)17-7-11-6-16-10(3)21-11/h4-6H,7H2,1-3H3,(H,17,19). The molecular formula is C15H15N3O2S2. The van der Waals surface area contributed by atoms with Gasteiger partial charge in [-0.2, -0.15) is 0 Å².